The Labute approximate surface area is 125 Å². The topological polar surface area (TPSA) is 45.2 Å². The van der Waals surface area contributed by atoms with Crippen LogP contribution in [0.2, 0.25) is 0 Å². The maximum Gasteiger partial charge on any atom is 0.139 e. The van der Waals surface area contributed by atoms with Crippen LogP contribution < -0.4 is 0 Å². The Morgan fingerprint density at radius 3 is 2.90 bits per heavy atom. The molecule has 0 spiro atoms. The summed E-state index contributed by atoms with van der Waals surface area (Å²) in [6.45, 7) is 6.42. The van der Waals surface area contributed by atoms with E-state index in [0.717, 1.165) is 16.6 Å². The molecule has 0 fully saturated rings. The average molecular weight is 342 g/mol. The molecule has 0 saturated heterocycles. The monoisotopic (exact) mass is 341 g/mol. The van der Waals surface area contributed by atoms with Crippen LogP contribution in [0, 0.1) is 5.82 Å². The molecule has 1 aromatic carbocycles. The lowest BCUT2D eigenvalue weighted by molar-refractivity contribution is 0.287. The molecule has 108 valence electrons. The Hall–Kier alpha value is -1.33. The number of aliphatic hydroxyl groups is 1. The van der Waals surface area contributed by atoms with Crippen molar-refractivity contribution in [2.24, 2.45) is 0 Å². The molecule has 5 heteroatoms. The lowest BCUT2D eigenvalue weighted by atomic mass is 10.0. The number of halogens is 2. The maximum atomic E-state index is 13.6. The van der Waals surface area contributed by atoms with Crippen molar-refractivity contribution in [3.8, 4) is 0 Å². The zero-order valence-corrected chi connectivity index (χ0v) is 12.9. The second-order valence-electron chi connectivity index (χ2n) is 4.45. The quantitative estimate of drug-likeness (QED) is 0.780. The number of hydrogen-bond donors (Lipinski definition) is 2. The van der Waals surface area contributed by atoms with Gasteiger partial charge in [-0.3, -0.25) is 0 Å². The van der Waals surface area contributed by atoms with E-state index < -0.39 is 0 Å². The molecule has 1 aromatic heterocycles. The fourth-order valence-electron chi connectivity index (χ4n) is 2.26. The molecule has 0 saturated carbocycles. The SMILES string of the molecule is C=C(OCC)c1[nH]c2c(Br)c(F)ccc2c1CCCO. The average Bonchev–Trinajstić information content (AvgIpc) is 2.80. The molecule has 0 aliphatic heterocycles. The predicted octanol–water partition coefficient (Wildman–Crippen LogP) is 4.00. The van der Waals surface area contributed by atoms with Crippen LogP contribution in [0.1, 0.15) is 24.6 Å². The van der Waals surface area contributed by atoms with Crippen molar-refractivity contribution in [2.45, 2.75) is 19.8 Å². The molecular weight excluding hydrogens is 325 g/mol. The third-order valence-corrected chi connectivity index (χ3v) is 3.93. The van der Waals surface area contributed by atoms with Crippen molar-refractivity contribution in [2.75, 3.05) is 13.2 Å². The van der Waals surface area contributed by atoms with Gasteiger partial charge in [-0.05, 0) is 53.4 Å². The summed E-state index contributed by atoms with van der Waals surface area (Å²) in [7, 11) is 0. The first-order valence-corrected chi connectivity index (χ1v) is 7.30. The van der Waals surface area contributed by atoms with Gasteiger partial charge in [0.15, 0.2) is 0 Å². The Morgan fingerprint density at radius 1 is 1.50 bits per heavy atom. The van der Waals surface area contributed by atoms with Crippen LogP contribution >= 0.6 is 15.9 Å². The summed E-state index contributed by atoms with van der Waals surface area (Å²) < 4.78 is 19.5. The molecule has 3 nitrogen and oxygen atoms in total. The second-order valence-corrected chi connectivity index (χ2v) is 5.24. The summed E-state index contributed by atoms with van der Waals surface area (Å²) in [5.41, 5.74) is 2.45. The van der Waals surface area contributed by atoms with E-state index in [9.17, 15) is 4.39 Å². The van der Waals surface area contributed by atoms with E-state index in [2.05, 4.69) is 27.5 Å². The molecule has 0 amide bonds. The lowest BCUT2D eigenvalue weighted by Gasteiger charge is -2.08. The second kappa shape index (κ2) is 6.41. The van der Waals surface area contributed by atoms with Crippen LogP contribution in [-0.2, 0) is 11.2 Å². The van der Waals surface area contributed by atoms with Crippen LogP contribution in [0.15, 0.2) is 23.2 Å². The van der Waals surface area contributed by atoms with Gasteiger partial charge >= 0.3 is 0 Å². The lowest BCUT2D eigenvalue weighted by Crippen LogP contribution is -1.96. The van der Waals surface area contributed by atoms with Gasteiger partial charge in [0.1, 0.15) is 11.6 Å². The number of aromatic nitrogens is 1. The number of hydrogen-bond acceptors (Lipinski definition) is 2. The number of ether oxygens (including phenoxy) is 1. The molecule has 0 unspecified atom stereocenters. The summed E-state index contributed by atoms with van der Waals surface area (Å²) in [6, 6.07) is 3.16. The Bertz CT molecular complexity index is 636. The number of benzene rings is 1. The zero-order chi connectivity index (χ0) is 14.7. The van der Waals surface area contributed by atoms with Gasteiger partial charge in [0.2, 0.25) is 0 Å². The predicted molar refractivity (Wildman–Crippen MR) is 82.0 cm³/mol. The number of fused-ring (bicyclic) bond motifs is 1. The smallest absolute Gasteiger partial charge is 0.139 e. The molecule has 2 N–H and O–H groups in total. The minimum absolute atomic E-state index is 0.107. The molecule has 2 aromatic rings. The largest absolute Gasteiger partial charge is 0.492 e. The van der Waals surface area contributed by atoms with Crippen molar-refractivity contribution in [3.63, 3.8) is 0 Å². The van der Waals surface area contributed by atoms with Crippen LogP contribution in [0.5, 0.6) is 0 Å². The van der Waals surface area contributed by atoms with E-state index in [1.807, 2.05) is 6.92 Å². The van der Waals surface area contributed by atoms with E-state index in [1.165, 1.54) is 6.07 Å². The third kappa shape index (κ3) is 2.74. The number of aryl methyl sites for hydroxylation is 1. The van der Waals surface area contributed by atoms with Gasteiger partial charge in [0.25, 0.3) is 0 Å². The first kappa shape index (κ1) is 15.1. The van der Waals surface area contributed by atoms with Crippen molar-refractivity contribution < 1.29 is 14.2 Å². The molecule has 0 aliphatic carbocycles. The Balaban J connectivity index is 2.59. The number of rotatable bonds is 6. The molecule has 1 heterocycles. The number of aromatic amines is 1. The Morgan fingerprint density at radius 2 is 2.25 bits per heavy atom. The molecule has 0 bridgehead atoms. The fourth-order valence-corrected chi connectivity index (χ4v) is 2.70. The number of nitrogens with one attached hydrogen (secondary N) is 1. The summed E-state index contributed by atoms with van der Waals surface area (Å²) >= 11 is 3.26. The maximum absolute atomic E-state index is 13.6. The number of aliphatic hydroxyl groups excluding tert-OH is 1. The first-order chi connectivity index (χ1) is 9.60. The van der Waals surface area contributed by atoms with Crippen LogP contribution in [0.3, 0.4) is 0 Å². The van der Waals surface area contributed by atoms with Gasteiger partial charge in [-0.25, -0.2) is 4.39 Å². The number of H-pyrrole nitrogens is 1. The van der Waals surface area contributed by atoms with E-state index >= 15 is 0 Å². The minimum Gasteiger partial charge on any atom is -0.492 e. The first-order valence-electron chi connectivity index (χ1n) is 6.51. The summed E-state index contributed by atoms with van der Waals surface area (Å²) in [5.74, 6) is 0.213. The summed E-state index contributed by atoms with van der Waals surface area (Å²) in [6.07, 6.45) is 1.31. The normalized spacial score (nSPS) is 11.0. The molecule has 0 aliphatic rings. The van der Waals surface area contributed by atoms with Crippen molar-refractivity contribution in [3.05, 3.63) is 40.3 Å². The minimum atomic E-state index is -0.318. The van der Waals surface area contributed by atoms with Crippen molar-refractivity contribution in [1.29, 1.82) is 0 Å². The molecule has 0 atom stereocenters. The van der Waals surface area contributed by atoms with Gasteiger partial charge in [-0.1, -0.05) is 6.58 Å². The highest BCUT2D eigenvalue weighted by Gasteiger charge is 2.17. The van der Waals surface area contributed by atoms with E-state index in [-0.39, 0.29) is 12.4 Å². The van der Waals surface area contributed by atoms with Gasteiger partial charge in [-0.2, -0.15) is 0 Å². The summed E-state index contributed by atoms with van der Waals surface area (Å²) in [4.78, 5) is 3.17. The zero-order valence-electron chi connectivity index (χ0n) is 11.3. The van der Waals surface area contributed by atoms with Crippen LogP contribution in [-0.4, -0.2) is 23.3 Å². The van der Waals surface area contributed by atoms with Crippen molar-refractivity contribution in [1.82, 2.24) is 4.98 Å². The molecule has 0 radical (unpaired) electrons. The van der Waals surface area contributed by atoms with E-state index in [0.29, 0.717) is 35.2 Å². The standard InChI is InChI=1S/C15H17BrFNO2/c1-3-20-9(2)14-10(5-4-8-19)11-6-7-12(17)13(16)15(11)18-14/h6-7,18-19H,2-5,8H2,1H3. The van der Waals surface area contributed by atoms with Gasteiger partial charge < -0.3 is 14.8 Å². The molecule has 20 heavy (non-hydrogen) atoms. The molecular formula is C15H17BrFNO2. The van der Waals surface area contributed by atoms with Crippen molar-refractivity contribution >= 4 is 32.6 Å². The highest BCUT2D eigenvalue weighted by Crippen LogP contribution is 2.33. The van der Waals surface area contributed by atoms with E-state index in [4.69, 9.17) is 9.84 Å². The molecule has 2 rings (SSSR count). The highest BCUT2D eigenvalue weighted by atomic mass is 79.9. The highest BCUT2D eigenvalue weighted by molar-refractivity contribution is 9.10. The Kier molecular flexibility index (Phi) is 4.83. The third-order valence-electron chi connectivity index (χ3n) is 3.15. The summed E-state index contributed by atoms with van der Waals surface area (Å²) in [5, 5.41) is 9.95. The van der Waals surface area contributed by atoms with Gasteiger partial charge in [-0.15, -0.1) is 0 Å². The van der Waals surface area contributed by atoms with E-state index in [1.54, 1.807) is 6.07 Å². The van der Waals surface area contributed by atoms with Crippen LogP contribution in [0.25, 0.3) is 16.7 Å². The van der Waals surface area contributed by atoms with Gasteiger partial charge in [0.05, 0.1) is 22.3 Å². The van der Waals surface area contributed by atoms with Gasteiger partial charge in [0, 0.05) is 12.0 Å². The van der Waals surface area contributed by atoms with Crippen LogP contribution in [0.4, 0.5) is 4.39 Å². The fraction of sp³-hybridized carbons (Fsp3) is 0.333.